The van der Waals surface area contributed by atoms with Crippen molar-refractivity contribution in [3.63, 3.8) is 0 Å². The summed E-state index contributed by atoms with van der Waals surface area (Å²) in [7, 11) is 0. The summed E-state index contributed by atoms with van der Waals surface area (Å²) in [5.41, 5.74) is 2.19. The van der Waals surface area contributed by atoms with E-state index in [0.717, 1.165) is 31.9 Å². The summed E-state index contributed by atoms with van der Waals surface area (Å²) in [6.45, 7) is 6.56. The minimum atomic E-state index is -0.329. The molecule has 1 aliphatic heterocycles. The zero-order valence-electron chi connectivity index (χ0n) is 12.0. The Morgan fingerprint density at radius 3 is 3.00 bits per heavy atom. The van der Waals surface area contributed by atoms with E-state index in [-0.39, 0.29) is 10.6 Å². The molecule has 1 N–H and O–H groups in total. The number of aromatic nitrogens is 1. The molecule has 110 valence electrons. The molecular weight excluding hydrogens is 258 g/mol. The zero-order chi connectivity index (χ0) is 14.5. The molecule has 0 bridgehead atoms. The number of pyridine rings is 1. The Bertz CT molecular complexity index is 485. The maximum atomic E-state index is 11.1. The number of nitro groups is 1. The number of aryl methyl sites for hydroxylation is 1. The topological polar surface area (TPSA) is 77.3 Å². The average Bonchev–Trinajstić information content (AvgIpc) is 2.42. The van der Waals surface area contributed by atoms with E-state index >= 15 is 0 Å². The molecule has 1 unspecified atom stereocenters. The Hall–Kier alpha value is -1.53. The van der Waals surface area contributed by atoms with Crippen LogP contribution in [0.5, 0.6) is 0 Å². The summed E-state index contributed by atoms with van der Waals surface area (Å²) >= 11 is 0. The monoisotopic (exact) mass is 279 g/mol. The third kappa shape index (κ3) is 3.52. The van der Waals surface area contributed by atoms with Crippen molar-refractivity contribution in [3.05, 3.63) is 33.1 Å². The second kappa shape index (κ2) is 6.76. The Labute approximate surface area is 118 Å². The van der Waals surface area contributed by atoms with Crippen LogP contribution in [0, 0.1) is 29.9 Å². The lowest BCUT2D eigenvalue weighted by atomic mass is 10.0. The molecule has 1 aliphatic rings. The van der Waals surface area contributed by atoms with Gasteiger partial charge in [-0.2, -0.15) is 0 Å². The third-order valence-electron chi connectivity index (χ3n) is 3.74. The largest absolute Gasteiger partial charge is 0.381 e. The molecular formula is C14H21N3O3. The van der Waals surface area contributed by atoms with E-state index < -0.39 is 0 Å². The predicted molar refractivity (Wildman–Crippen MR) is 75.6 cm³/mol. The van der Waals surface area contributed by atoms with E-state index in [9.17, 15) is 10.1 Å². The van der Waals surface area contributed by atoms with Crippen LogP contribution in [0.3, 0.4) is 0 Å². The number of ether oxygens (including phenoxy) is 1. The summed E-state index contributed by atoms with van der Waals surface area (Å²) in [6, 6.07) is 0. The molecule has 0 spiro atoms. The molecule has 0 aromatic carbocycles. The van der Waals surface area contributed by atoms with Gasteiger partial charge in [0.2, 0.25) is 0 Å². The Morgan fingerprint density at radius 2 is 2.35 bits per heavy atom. The summed E-state index contributed by atoms with van der Waals surface area (Å²) in [5.74, 6) is 0.532. The van der Waals surface area contributed by atoms with Gasteiger partial charge in [0, 0.05) is 37.0 Å². The number of hydrogen-bond acceptors (Lipinski definition) is 5. The van der Waals surface area contributed by atoms with E-state index in [1.54, 1.807) is 20.0 Å². The lowest BCUT2D eigenvalue weighted by Gasteiger charge is -2.22. The number of nitrogens with one attached hydrogen (secondary N) is 1. The van der Waals surface area contributed by atoms with Crippen LogP contribution < -0.4 is 5.32 Å². The van der Waals surface area contributed by atoms with Gasteiger partial charge in [-0.3, -0.25) is 15.1 Å². The highest BCUT2D eigenvalue weighted by Crippen LogP contribution is 2.24. The van der Waals surface area contributed by atoms with E-state index in [1.807, 2.05) is 0 Å². The van der Waals surface area contributed by atoms with E-state index in [1.165, 1.54) is 6.42 Å². The van der Waals surface area contributed by atoms with Crippen LogP contribution >= 0.6 is 0 Å². The van der Waals surface area contributed by atoms with Gasteiger partial charge in [0.05, 0.1) is 17.2 Å². The maximum Gasteiger partial charge on any atom is 0.278 e. The van der Waals surface area contributed by atoms with Crippen molar-refractivity contribution in [1.29, 1.82) is 0 Å². The van der Waals surface area contributed by atoms with Crippen LogP contribution in [-0.4, -0.2) is 29.7 Å². The number of hydrogen-bond donors (Lipinski definition) is 1. The lowest BCUT2D eigenvalue weighted by molar-refractivity contribution is -0.386. The first-order chi connectivity index (χ1) is 9.59. The summed E-state index contributed by atoms with van der Waals surface area (Å²) in [4.78, 5) is 15.0. The molecule has 6 nitrogen and oxygen atoms in total. The first-order valence-corrected chi connectivity index (χ1v) is 6.97. The van der Waals surface area contributed by atoms with Gasteiger partial charge in [0.25, 0.3) is 5.69 Å². The van der Waals surface area contributed by atoms with Gasteiger partial charge >= 0.3 is 0 Å². The highest BCUT2D eigenvalue weighted by molar-refractivity contribution is 5.47. The molecule has 0 aliphatic carbocycles. The van der Waals surface area contributed by atoms with E-state index in [2.05, 4.69) is 10.3 Å². The van der Waals surface area contributed by atoms with Gasteiger partial charge in [-0.05, 0) is 32.6 Å². The minimum Gasteiger partial charge on any atom is -0.381 e. The van der Waals surface area contributed by atoms with Crippen molar-refractivity contribution in [3.8, 4) is 0 Å². The Kier molecular flexibility index (Phi) is 5.03. The second-order valence-corrected chi connectivity index (χ2v) is 5.33. The van der Waals surface area contributed by atoms with Crippen molar-refractivity contribution in [2.45, 2.75) is 33.2 Å². The van der Waals surface area contributed by atoms with Crippen molar-refractivity contribution >= 4 is 5.69 Å². The van der Waals surface area contributed by atoms with Crippen molar-refractivity contribution < 1.29 is 9.66 Å². The van der Waals surface area contributed by atoms with Crippen LogP contribution in [0.2, 0.25) is 0 Å². The molecule has 0 saturated carbocycles. The standard InChI is InChI=1S/C14H21N3O3/c1-10-6-16-13(11(2)14(10)17(18)19)8-15-7-12-4-3-5-20-9-12/h6,12,15H,3-5,7-9H2,1-2H3. The predicted octanol–water partition coefficient (Wildman–Crippen LogP) is 2.12. The van der Waals surface area contributed by atoms with Gasteiger partial charge in [-0.1, -0.05) is 0 Å². The number of nitrogens with zero attached hydrogens (tertiary/aromatic N) is 2. The van der Waals surface area contributed by atoms with Crippen LogP contribution in [0.4, 0.5) is 5.69 Å². The van der Waals surface area contributed by atoms with Crippen LogP contribution in [-0.2, 0) is 11.3 Å². The smallest absolute Gasteiger partial charge is 0.278 e. The van der Waals surface area contributed by atoms with Gasteiger partial charge < -0.3 is 10.1 Å². The summed E-state index contributed by atoms with van der Waals surface area (Å²) < 4.78 is 5.43. The van der Waals surface area contributed by atoms with Gasteiger partial charge in [0.1, 0.15) is 0 Å². The molecule has 1 aromatic heterocycles. The van der Waals surface area contributed by atoms with Gasteiger partial charge in [0.15, 0.2) is 0 Å². The number of rotatable bonds is 5. The van der Waals surface area contributed by atoms with Gasteiger partial charge in [-0.25, -0.2) is 0 Å². The highest BCUT2D eigenvalue weighted by Gasteiger charge is 2.19. The van der Waals surface area contributed by atoms with Crippen LogP contribution in [0.15, 0.2) is 6.20 Å². The average molecular weight is 279 g/mol. The molecule has 1 atom stereocenters. The molecule has 0 radical (unpaired) electrons. The van der Waals surface area contributed by atoms with Crippen LogP contribution in [0.25, 0.3) is 0 Å². The third-order valence-corrected chi connectivity index (χ3v) is 3.74. The molecule has 20 heavy (non-hydrogen) atoms. The lowest BCUT2D eigenvalue weighted by Crippen LogP contribution is -2.29. The van der Waals surface area contributed by atoms with E-state index in [0.29, 0.717) is 23.6 Å². The van der Waals surface area contributed by atoms with Crippen molar-refractivity contribution in [2.24, 2.45) is 5.92 Å². The molecule has 1 fully saturated rings. The SMILES string of the molecule is Cc1cnc(CNCC2CCCOC2)c(C)c1[N+](=O)[O-]. The minimum absolute atomic E-state index is 0.179. The molecule has 1 saturated heterocycles. The maximum absolute atomic E-state index is 11.1. The molecule has 2 rings (SSSR count). The molecule has 0 amide bonds. The summed E-state index contributed by atoms with van der Waals surface area (Å²) in [5, 5.41) is 14.4. The Morgan fingerprint density at radius 1 is 1.55 bits per heavy atom. The molecule has 2 heterocycles. The fourth-order valence-corrected chi connectivity index (χ4v) is 2.59. The van der Waals surface area contributed by atoms with Crippen LogP contribution in [0.1, 0.15) is 29.7 Å². The van der Waals surface area contributed by atoms with E-state index in [4.69, 9.17) is 4.74 Å². The second-order valence-electron chi connectivity index (χ2n) is 5.33. The first kappa shape index (κ1) is 14.9. The van der Waals surface area contributed by atoms with Crippen molar-refractivity contribution in [2.75, 3.05) is 19.8 Å². The first-order valence-electron chi connectivity index (χ1n) is 6.97. The fourth-order valence-electron chi connectivity index (χ4n) is 2.59. The van der Waals surface area contributed by atoms with Crippen molar-refractivity contribution in [1.82, 2.24) is 10.3 Å². The molecule has 6 heteroatoms. The quantitative estimate of drug-likeness (QED) is 0.660. The summed E-state index contributed by atoms with van der Waals surface area (Å²) in [6.07, 6.45) is 3.86. The fraction of sp³-hybridized carbons (Fsp3) is 0.643. The Balaban J connectivity index is 1.95. The normalized spacial score (nSPS) is 19.0. The zero-order valence-corrected chi connectivity index (χ0v) is 12.0. The van der Waals surface area contributed by atoms with Gasteiger partial charge in [-0.15, -0.1) is 0 Å². The highest BCUT2D eigenvalue weighted by atomic mass is 16.6. The molecule has 1 aromatic rings.